The van der Waals surface area contributed by atoms with Crippen molar-refractivity contribution in [1.82, 2.24) is 15.2 Å². The van der Waals surface area contributed by atoms with Crippen molar-refractivity contribution in [3.05, 3.63) is 40.2 Å². The number of pyridine rings is 1. The summed E-state index contributed by atoms with van der Waals surface area (Å²) in [6.45, 7) is 7.44. The Bertz CT molecular complexity index is 828. The smallest absolute Gasteiger partial charge is 0.248 e. The van der Waals surface area contributed by atoms with E-state index in [9.17, 15) is 15.0 Å². The van der Waals surface area contributed by atoms with Gasteiger partial charge in [0.15, 0.2) is 0 Å². The first-order valence-electron chi connectivity index (χ1n) is 11.0. The quantitative estimate of drug-likeness (QED) is 0.459. The van der Waals surface area contributed by atoms with Crippen LogP contribution in [-0.4, -0.2) is 52.8 Å². The maximum atomic E-state index is 11.5. The molecule has 1 saturated heterocycles. The largest absolute Gasteiger partial charge is 0.506 e. The number of aliphatic hydroxyl groups excluding tert-OH is 1. The summed E-state index contributed by atoms with van der Waals surface area (Å²) in [7, 11) is 0. The minimum Gasteiger partial charge on any atom is -0.506 e. The van der Waals surface area contributed by atoms with Gasteiger partial charge in [-0.15, -0.1) is 0 Å². The summed E-state index contributed by atoms with van der Waals surface area (Å²) in [5.41, 5.74) is 0.807. The van der Waals surface area contributed by atoms with Crippen LogP contribution in [0.25, 0.3) is 10.9 Å². The standard InChI is InChI=1S/C23H35N3O3/c1-17-10-14-26(15-11-17)13-5-3-2-4-12-24-16-21(28)18-6-8-20(27)23-19(18)7-9-22(29)25-23/h6-9,17,21,24,27-28H,2-5,10-16H2,1H3,(H,25,29)/t21-/m1/s1. The number of phenolic OH excluding ortho intramolecular Hbond substituents is 1. The lowest BCUT2D eigenvalue weighted by Crippen LogP contribution is -2.33. The molecule has 0 bridgehead atoms. The highest BCUT2D eigenvalue weighted by atomic mass is 16.3. The van der Waals surface area contributed by atoms with Gasteiger partial charge in [0.2, 0.25) is 5.56 Å². The van der Waals surface area contributed by atoms with Gasteiger partial charge >= 0.3 is 0 Å². The summed E-state index contributed by atoms with van der Waals surface area (Å²) in [6, 6.07) is 6.29. The van der Waals surface area contributed by atoms with Crippen LogP contribution in [0, 0.1) is 5.92 Å². The SMILES string of the molecule is CC1CCN(CCCCCCNC[C@@H](O)c2ccc(O)c3[nH]c(=O)ccc23)CC1. The third kappa shape index (κ3) is 6.29. The van der Waals surface area contributed by atoms with Gasteiger partial charge in [-0.3, -0.25) is 4.79 Å². The number of likely N-dealkylation sites (tertiary alicyclic amines) is 1. The number of aromatic amines is 1. The van der Waals surface area contributed by atoms with Crippen molar-refractivity contribution in [3.8, 4) is 5.75 Å². The number of phenols is 1. The van der Waals surface area contributed by atoms with Gasteiger partial charge in [0.05, 0.1) is 11.6 Å². The van der Waals surface area contributed by atoms with E-state index in [1.165, 1.54) is 63.9 Å². The third-order valence-electron chi connectivity index (χ3n) is 6.06. The highest BCUT2D eigenvalue weighted by molar-refractivity contribution is 5.87. The topological polar surface area (TPSA) is 88.6 Å². The summed E-state index contributed by atoms with van der Waals surface area (Å²) in [5, 5.41) is 24.5. The van der Waals surface area contributed by atoms with Gasteiger partial charge < -0.3 is 25.4 Å². The first-order valence-corrected chi connectivity index (χ1v) is 11.0. The van der Waals surface area contributed by atoms with Crippen molar-refractivity contribution in [1.29, 1.82) is 0 Å². The lowest BCUT2D eigenvalue weighted by Gasteiger charge is -2.30. The van der Waals surface area contributed by atoms with Crippen LogP contribution in [0.3, 0.4) is 0 Å². The summed E-state index contributed by atoms with van der Waals surface area (Å²) in [6.07, 6.45) is 6.84. The lowest BCUT2D eigenvalue weighted by molar-refractivity contribution is 0.176. The number of fused-ring (bicyclic) bond motifs is 1. The van der Waals surface area contributed by atoms with E-state index < -0.39 is 6.10 Å². The first-order chi connectivity index (χ1) is 14.0. The Morgan fingerprint density at radius 3 is 2.69 bits per heavy atom. The van der Waals surface area contributed by atoms with Crippen molar-refractivity contribution in [2.75, 3.05) is 32.7 Å². The molecule has 1 aliphatic rings. The van der Waals surface area contributed by atoms with Crippen LogP contribution in [-0.2, 0) is 0 Å². The number of H-pyrrole nitrogens is 1. The van der Waals surface area contributed by atoms with Crippen LogP contribution in [0.1, 0.15) is 57.1 Å². The van der Waals surface area contributed by atoms with Crippen LogP contribution in [0.5, 0.6) is 5.75 Å². The monoisotopic (exact) mass is 401 g/mol. The molecule has 2 heterocycles. The number of hydrogen-bond acceptors (Lipinski definition) is 5. The fourth-order valence-electron chi connectivity index (χ4n) is 4.12. The molecule has 0 radical (unpaired) electrons. The number of aromatic nitrogens is 1. The number of benzene rings is 1. The van der Waals surface area contributed by atoms with Crippen molar-refractivity contribution in [2.45, 2.75) is 51.6 Å². The number of nitrogens with one attached hydrogen (secondary N) is 2. The van der Waals surface area contributed by atoms with E-state index in [0.717, 1.165) is 18.9 Å². The minimum atomic E-state index is -0.689. The fourth-order valence-corrected chi connectivity index (χ4v) is 4.12. The second-order valence-electron chi connectivity index (χ2n) is 8.44. The number of hydrogen-bond donors (Lipinski definition) is 4. The van der Waals surface area contributed by atoms with Gasteiger partial charge in [-0.25, -0.2) is 0 Å². The van der Waals surface area contributed by atoms with E-state index in [1.54, 1.807) is 12.1 Å². The molecule has 6 nitrogen and oxygen atoms in total. The van der Waals surface area contributed by atoms with Crippen LogP contribution in [0.2, 0.25) is 0 Å². The van der Waals surface area contributed by atoms with Crippen LogP contribution in [0.4, 0.5) is 0 Å². The first kappa shape index (κ1) is 21.8. The van der Waals surface area contributed by atoms with E-state index in [1.807, 2.05) is 0 Å². The Balaban J connectivity index is 1.33. The summed E-state index contributed by atoms with van der Waals surface area (Å²) >= 11 is 0. The molecule has 0 amide bonds. The molecule has 1 aromatic heterocycles. The van der Waals surface area contributed by atoms with Crippen molar-refractivity contribution in [3.63, 3.8) is 0 Å². The van der Waals surface area contributed by atoms with Crippen molar-refractivity contribution in [2.24, 2.45) is 5.92 Å². The molecule has 29 heavy (non-hydrogen) atoms. The van der Waals surface area contributed by atoms with Crippen LogP contribution >= 0.6 is 0 Å². The number of nitrogens with zero attached hydrogens (tertiary/aromatic N) is 1. The Hall–Kier alpha value is -1.89. The minimum absolute atomic E-state index is 0.0145. The van der Waals surface area contributed by atoms with Crippen molar-refractivity contribution < 1.29 is 10.2 Å². The Labute approximate surface area is 172 Å². The van der Waals surface area contributed by atoms with Gasteiger partial charge in [0, 0.05) is 18.0 Å². The normalized spacial score (nSPS) is 17.0. The number of rotatable bonds is 10. The number of aromatic hydroxyl groups is 1. The molecular weight excluding hydrogens is 366 g/mol. The Morgan fingerprint density at radius 2 is 1.90 bits per heavy atom. The van der Waals surface area contributed by atoms with E-state index >= 15 is 0 Å². The predicted octanol–water partition coefficient (Wildman–Crippen LogP) is 3.15. The van der Waals surface area contributed by atoms with Gasteiger partial charge in [-0.2, -0.15) is 0 Å². The third-order valence-corrected chi connectivity index (χ3v) is 6.06. The van der Waals surface area contributed by atoms with Crippen LogP contribution < -0.4 is 10.9 Å². The maximum absolute atomic E-state index is 11.5. The zero-order valence-corrected chi connectivity index (χ0v) is 17.5. The zero-order valence-electron chi connectivity index (χ0n) is 17.5. The van der Waals surface area contributed by atoms with Gasteiger partial charge in [-0.1, -0.05) is 25.8 Å². The van der Waals surface area contributed by atoms with E-state index in [2.05, 4.69) is 22.1 Å². The molecule has 0 saturated carbocycles. The lowest BCUT2D eigenvalue weighted by atomic mass is 9.99. The van der Waals surface area contributed by atoms with E-state index in [4.69, 9.17) is 0 Å². The molecule has 160 valence electrons. The number of unbranched alkanes of at least 4 members (excludes halogenated alkanes) is 3. The molecule has 0 unspecified atom stereocenters. The highest BCUT2D eigenvalue weighted by Gasteiger charge is 2.15. The van der Waals surface area contributed by atoms with Crippen molar-refractivity contribution >= 4 is 10.9 Å². The number of aliphatic hydroxyl groups is 1. The van der Waals surface area contributed by atoms with Crippen LogP contribution in [0.15, 0.2) is 29.1 Å². The highest BCUT2D eigenvalue weighted by Crippen LogP contribution is 2.28. The average Bonchev–Trinajstić information content (AvgIpc) is 2.72. The average molecular weight is 402 g/mol. The number of piperidine rings is 1. The van der Waals surface area contributed by atoms with Gasteiger partial charge in [-0.05, 0) is 75.5 Å². The van der Waals surface area contributed by atoms with E-state index in [-0.39, 0.29) is 11.3 Å². The summed E-state index contributed by atoms with van der Waals surface area (Å²) in [5.74, 6) is 0.912. The molecule has 1 atom stereocenters. The second kappa shape index (κ2) is 10.8. The second-order valence-corrected chi connectivity index (χ2v) is 8.44. The molecule has 6 heteroatoms. The molecule has 4 N–H and O–H groups in total. The molecular formula is C23H35N3O3. The van der Waals surface area contributed by atoms with Gasteiger partial charge in [0.25, 0.3) is 0 Å². The molecule has 1 aromatic carbocycles. The van der Waals surface area contributed by atoms with Gasteiger partial charge in [0.1, 0.15) is 5.75 Å². The molecule has 3 rings (SSSR count). The Morgan fingerprint density at radius 1 is 1.14 bits per heavy atom. The molecule has 0 aliphatic carbocycles. The molecule has 1 fully saturated rings. The van der Waals surface area contributed by atoms with E-state index in [0.29, 0.717) is 23.0 Å². The summed E-state index contributed by atoms with van der Waals surface area (Å²) < 4.78 is 0. The molecule has 0 spiro atoms. The molecule has 1 aliphatic heterocycles. The maximum Gasteiger partial charge on any atom is 0.248 e. The molecule has 2 aromatic rings. The fraction of sp³-hybridized carbons (Fsp3) is 0.609. The Kier molecular flexibility index (Phi) is 8.09. The zero-order chi connectivity index (χ0) is 20.6. The summed E-state index contributed by atoms with van der Waals surface area (Å²) in [4.78, 5) is 16.7. The predicted molar refractivity (Wildman–Crippen MR) is 117 cm³/mol.